The Kier molecular flexibility index (Phi) is 22.3. The zero-order valence-corrected chi connectivity index (χ0v) is 20.0. The first-order valence-electron chi connectivity index (χ1n) is 13.2. The van der Waals surface area contributed by atoms with E-state index in [9.17, 15) is 0 Å². The first-order valence-corrected chi connectivity index (χ1v) is 13.2. The van der Waals surface area contributed by atoms with Gasteiger partial charge in [0.2, 0.25) is 0 Å². The second-order valence-corrected chi connectivity index (χ2v) is 9.68. The van der Waals surface area contributed by atoms with Crippen LogP contribution in [0.2, 0.25) is 0 Å². The van der Waals surface area contributed by atoms with Crippen LogP contribution in [0.15, 0.2) is 0 Å². The average Bonchev–Trinajstić information content (AvgIpc) is 2.66. The molecule has 0 aromatic heterocycles. The van der Waals surface area contributed by atoms with Gasteiger partial charge in [0.05, 0.1) is 0 Å². The van der Waals surface area contributed by atoms with Crippen LogP contribution in [0.3, 0.4) is 0 Å². The van der Waals surface area contributed by atoms with Gasteiger partial charge in [0.1, 0.15) is 0 Å². The van der Waals surface area contributed by atoms with Crippen LogP contribution in [0.25, 0.3) is 0 Å². The van der Waals surface area contributed by atoms with Crippen LogP contribution in [0.1, 0.15) is 163 Å². The summed E-state index contributed by atoms with van der Waals surface area (Å²) in [4.78, 5) is 0. The number of hydrogen-bond donors (Lipinski definition) is 0. The van der Waals surface area contributed by atoms with Gasteiger partial charge in [-0.2, -0.15) is 0 Å². The molecule has 0 radical (unpaired) electrons. The van der Waals surface area contributed by atoms with E-state index in [-0.39, 0.29) is 0 Å². The number of hydrogen-bond acceptors (Lipinski definition) is 0. The first-order chi connectivity index (χ1) is 13.2. The lowest BCUT2D eigenvalue weighted by molar-refractivity contribution is 0.359. The van der Waals surface area contributed by atoms with Gasteiger partial charge in [-0.25, -0.2) is 0 Å². The lowest BCUT2D eigenvalue weighted by Crippen LogP contribution is -2.03. The molecule has 0 nitrogen and oxygen atoms in total. The second kappa shape index (κ2) is 22.3. The summed E-state index contributed by atoms with van der Waals surface area (Å²) in [5.41, 5.74) is 0. The van der Waals surface area contributed by atoms with Crippen LogP contribution in [0, 0.1) is 11.8 Å². The summed E-state index contributed by atoms with van der Waals surface area (Å²) in [6.45, 7) is 9.55. The minimum Gasteiger partial charge on any atom is -0.0654 e. The molecule has 164 valence electrons. The molecular formula is C27H56. The molecule has 27 heavy (non-hydrogen) atoms. The highest BCUT2D eigenvalue weighted by molar-refractivity contribution is 4.60. The van der Waals surface area contributed by atoms with E-state index in [4.69, 9.17) is 0 Å². The van der Waals surface area contributed by atoms with E-state index in [1.165, 1.54) is 135 Å². The minimum atomic E-state index is 0.945. The largest absolute Gasteiger partial charge is 0.0654 e. The van der Waals surface area contributed by atoms with Crippen molar-refractivity contribution >= 4 is 0 Å². The van der Waals surface area contributed by atoms with Crippen molar-refractivity contribution in [3.63, 3.8) is 0 Å². The fraction of sp³-hybridized carbons (Fsp3) is 1.00. The molecule has 0 aromatic carbocycles. The second-order valence-electron chi connectivity index (χ2n) is 9.68. The summed E-state index contributed by atoms with van der Waals surface area (Å²) >= 11 is 0. The van der Waals surface area contributed by atoms with Gasteiger partial charge in [-0.15, -0.1) is 0 Å². The van der Waals surface area contributed by atoms with Gasteiger partial charge in [0.15, 0.2) is 0 Å². The third-order valence-corrected chi connectivity index (χ3v) is 6.41. The van der Waals surface area contributed by atoms with E-state index in [1.54, 1.807) is 0 Å². The van der Waals surface area contributed by atoms with Crippen molar-refractivity contribution in [2.75, 3.05) is 0 Å². The molecule has 0 aliphatic heterocycles. The van der Waals surface area contributed by atoms with Crippen LogP contribution in [0.4, 0.5) is 0 Å². The minimum absolute atomic E-state index is 0.945. The quantitative estimate of drug-likeness (QED) is 0.164. The monoisotopic (exact) mass is 380 g/mol. The normalized spacial score (nSPS) is 13.8. The third kappa shape index (κ3) is 22.2. The summed E-state index contributed by atoms with van der Waals surface area (Å²) in [5.74, 6) is 1.89. The summed E-state index contributed by atoms with van der Waals surface area (Å²) in [7, 11) is 0. The van der Waals surface area contributed by atoms with Crippen molar-refractivity contribution in [3.05, 3.63) is 0 Å². The molecule has 2 unspecified atom stereocenters. The number of unbranched alkanes of at least 4 members (excludes halogenated alkanes) is 16. The zero-order valence-electron chi connectivity index (χ0n) is 20.0. The van der Waals surface area contributed by atoms with E-state index in [1.807, 2.05) is 0 Å². The lowest BCUT2D eigenvalue weighted by Gasteiger charge is -2.16. The van der Waals surface area contributed by atoms with Crippen molar-refractivity contribution in [1.29, 1.82) is 0 Å². The molecule has 0 spiro atoms. The molecule has 0 amide bonds. The van der Waals surface area contributed by atoms with Crippen molar-refractivity contribution in [3.8, 4) is 0 Å². The Balaban J connectivity index is 3.16. The van der Waals surface area contributed by atoms with E-state index >= 15 is 0 Å². The molecule has 0 bridgehead atoms. The highest BCUT2D eigenvalue weighted by Crippen LogP contribution is 2.22. The summed E-state index contributed by atoms with van der Waals surface area (Å²) in [6, 6.07) is 0. The Bertz CT molecular complexity index is 257. The lowest BCUT2D eigenvalue weighted by atomic mass is 9.90. The molecule has 0 rings (SSSR count). The van der Waals surface area contributed by atoms with Crippen LogP contribution >= 0.6 is 0 Å². The van der Waals surface area contributed by atoms with Crippen molar-refractivity contribution < 1.29 is 0 Å². The Morgan fingerprint density at radius 3 is 1.04 bits per heavy atom. The maximum absolute atomic E-state index is 2.48. The molecule has 0 aliphatic rings. The van der Waals surface area contributed by atoms with E-state index in [0.29, 0.717) is 0 Å². The standard InChI is InChI=1S/C27H56/c1-5-7-9-10-11-12-13-14-15-16-17-18-19-20-21-22-24-27(4)25-26(3)23-8-6-2/h26-27H,5-25H2,1-4H3. The van der Waals surface area contributed by atoms with Crippen molar-refractivity contribution in [2.24, 2.45) is 11.8 Å². The SMILES string of the molecule is CCCCCCCCCCCCCCCCCCC(C)CC(C)CCCC. The summed E-state index contributed by atoms with van der Waals surface area (Å²) < 4.78 is 0. The molecule has 0 fully saturated rings. The first kappa shape index (κ1) is 27.0. The van der Waals surface area contributed by atoms with Gasteiger partial charge in [0.25, 0.3) is 0 Å². The molecule has 0 saturated carbocycles. The predicted molar refractivity (Wildman–Crippen MR) is 127 cm³/mol. The molecule has 0 saturated heterocycles. The van der Waals surface area contributed by atoms with E-state index < -0.39 is 0 Å². The third-order valence-electron chi connectivity index (χ3n) is 6.41. The molecule has 2 atom stereocenters. The smallest absolute Gasteiger partial charge is 0.0440 e. The Hall–Kier alpha value is 0. The van der Waals surface area contributed by atoms with Gasteiger partial charge in [0, 0.05) is 0 Å². The van der Waals surface area contributed by atoms with Gasteiger partial charge >= 0.3 is 0 Å². The molecule has 0 heterocycles. The molecular weight excluding hydrogens is 324 g/mol. The summed E-state index contributed by atoms with van der Waals surface area (Å²) in [5, 5.41) is 0. The van der Waals surface area contributed by atoms with Crippen molar-refractivity contribution in [1.82, 2.24) is 0 Å². The van der Waals surface area contributed by atoms with Gasteiger partial charge in [-0.3, -0.25) is 0 Å². The Morgan fingerprint density at radius 1 is 0.370 bits per heavy atom. The highest BCUT2D eigenvalue weighted by atomic mass is 14.1. The number of rotatable bonds is 22. The van der Waals surface area contributed by atoms with Crippen LogP contribution in [0.5, 0.6) is 0 Å². The molecule has 0 N–H and O–H groups in total. The molecule has 0 heteroatoms. The van der Waals surface area contributed by atoms with Crippen LogP contribution < -0.4 is 0 Å². The van der Waals surface area contributed by atoms with E-state index in [2.05, 4.69) is 27.7 Å². The molecule has 0 aliphatic carbocycles. The van der Waals surface area contributed by atoms with Gasteiger partial charge in [-0.1, -0.05) is 156 Å². The maximum Gasteiger partial charge on any atom is -0.0440 e. The van der Waals surface area contributed by atoms with Crippen molar-refractivity contribution in [2.45, 2.75) is 163 Å². The Labute approximate surface area is 174 Å². The average molecular weight is 381 g/mol. The molecule has 0 aromatic rings. The Morgan fingerprint density at radius 2 is 0.667 bits per heavy atom. The van der Waals surface area contributed by atoms with Crippen LogP contribution in [-0.2, 0) is 0 Å². The van der Waals surface area contributed by atoms with E-state index in [0.717, 1.165) is 11.8 Å². The van der Waals surface area contributed by atoms with Gasteiger partial charge in [-0.05, 0) is 18.3 Å². The van der Waals surface area contributed by atoms with Crippen LogP contribution in [-0.4, -0.2) is 0 Å². The predicted octanol–water partition coefficient (Wildman–Crippen LogP) is 10.5. The zero-order chi connectivity index (χ0) is 20.0. The fourth-order valence-corrected chi connectivity index (χ4v) is 4.52. The maximum atomic E-state index is 2.48. The van der Waals surface area contributed by atoms with Gasteiger partial charge < -0.3 is 0 Å². The topological polar surface area (TPSA) is 0 Å². The highest BCUT2D eigenvalue weighted by Gasteiger charge is 2.08. The summed E-state index contributed by atoms with van der Waals surface area (Å²) in [6.07, 6.45) is 30.7. The fourth-order valence-electron chi connectivity index (χ4n) is 4.52.